The lowest BCUT2D eigenvalue weighted by Crippen LogP contribution is -1.99. The molecular weight excluding hydrogens is 188 g/mol. The Bertz CT molecular complexity index is 375. The van der Waals surface area contributed by atoms with Crippen LogP contribution < -0.4 is 4.74 Å². The Balaban J connectivity index is 2.60. The van der Waals surface area contributed by atoms with Gasteiger partial charge in [-0.2, -0.15) is 0 Å². The Morgan fingerprint density at radius 2 is 2.33 bits per heavy atom. The van der Waals surface area contributed by atoms with Crippen molar-refractivity contribution in [2.24, 2.45) is 0 Å². The summed E-state index contributed by atoms with van der Waals surface area (Å²) in [5, 5.41) is 0. The van der Waals surface area contributed by atoms with Gasteiger partial charge >= 0.3 is 0 Å². The maximum Gasteiger partial charge on any atom is 0.153 e. The molecule has 0 saturated carbocycles. The minimum atomic E-state index is 0.550. The summed E-state index contributed by atoms with van der Waals surface area (Å²) in [5.74, 6) is 3.17. The molecule has 0 aliphatic heterocycles. The van der Waals surface area contributed by atoms with Crippen molar-refractivity contribution in [2.45, 2.75) is 19.8 Å². The van der Waals surface area contributed by atoms with Crippen LogP contribution in [0.4, 0.5) is 0 Å². The second kappa shape index (κ2) is 5.87. The molecule has 0 unspecified atom stereocenters. The SMILES string of the molecule is C#CCCCOc1ccc(C)cc1C=O. The normalized spacial score (nSPS) is 9.33. The summed E-state index contributed by atoms with van der Waals surface area (Å²) in [6, 6.07) is 5.54. The Kier molecular flexibility index (Phi) is 4.43. The molecule has 0 fully saturated rings. The zero-order valence-electron chi connectivity index (χ0n) is 8.82. The molecule has 15 heavy (non-hydrogen) atoms. The first-order chi connectivity index (χ1) is 7.27. The van der Waals surface area contributed by atoms with Crippen LogP contribution >= 0.6 is 0 Å². The van der Waals surface area contributed by atoms with Gasteiger partial charge in [0.15, 0.2) is 6.29 Å². The topological polar surface area (TPSA) is 26.3 Å². The summed E-state index contributed by atoms with van der Waals surface area (Å²) in [4.78, 5) is 10.8. The number of aryl methyl sites for hydroxylation is 1. The van der Waals surface area contributed by atoms with E-state index >= 15 is 0 Å². The average Bonchev–Trinajstić information content (AvgIpc) is 2.26. The highest BCUT2D eigenvalue weighted by Crippen LogP contribution is 2.18. The van der Waals surface area contributed by atoms with E-state index in [1.165, 1.54) is 0 Å². The van der Waals surface area contributed by atoms with Gasteiger partial charge in [-0.1, -0.05) is 11.6 Å². The van der Waals surface area contributed by atoms with Crippen LogP contribution in [-0.4, -0.2) is 12.9 Å². The van der Waals surface area contributed by atoms with Crippen molar-refractivity contribution < 1.29 is 9.53 Å². The van der Waals surface area contributed by atoms with Crippen LogP contribution in [0.5, 0.6) is 5.75 Å². The smallest absolute Gasteiger partial charge is 0.153 e. The van der Waals surface area contributed by atoms with Gasteiger partial charge < -0.3 is 4.74 Å². The van der Waals surface area contributed by atoms with E-state index in [-0.39, 0.29) is 0 Å². The number of rotatable bonds is 5. The van der Waals surface area contributed by atoms with E-state index in [2.05, 4.69) is 5.92 Å². The third-order valence-corrected chi connectivity index (χ3v) is 2.02. The van der Waals surface area contributed by atoms with Crippen LogP contribution in [0.15, 0.2) is 18.2 Å². The van der Waals surface area contributed by atoms with Crippen molar-refractivity contribution in [3.8, 4) is 18.1 Å². The first-order valence-electron chi connectivity index (χ1n) is 4.90. The summed E-state index contributed by atoms with van der Waals surface area (Å²) in [6.07, 6.45) is 7.44. The van der Waals surface area contributed by atoms with Gasteiger partial charge in [-0.3, -0.25) is 4.79 Å². The van der Waals surface area contributed by atoms with Gasteiger partial charge in [0.1, 0.15) is 5.75 Å². The Hall–Kier alpha value is -1.75. The molecule has 0 aromatic heterocycles. The van der Waals surface area contributed by atoms with E-state index in [1.54, 1.807) is 0 Å². The van der Waals surface area contributed by atoms with Crippen LogP contribution in [0.2, 0.25) is 0 Å². The predicted molar refractivity (Wildman–Crippen MR) is 60.1 cm³/mol. The van der Waals surface area contributed by atoms with Gasteiger partial charge in [0, 0.05) is 6.42 Å². The minimum absolute atomic E-state index is 0.550. The highest BCUT2D eigenvalue weighted by atomic mass is 16.5. The molecule has 0 amide bonds. The fraction of sp³-hybridized carbons (Fsp3) is 0.308. The van der Waals surface area contributed by atoms with Gasteiger partial charge in [0.2, 0.25) is 0 Å². The molecule has 0 saturated heterocycles. The lowest BCUT2D eigenvalue weighted by molar-refractivity contribution is 0.111. The molecule has 2 nitrogen and oxygen atoms in total. The zero-order chi connectivity index (χ0) is 11.1. The van der Waals surface area contributed by atoms with Crippen molar-refractivity contribution in [2.75, 3.05) is 6.61 Å². The molecule has 1 aromatic rings. The summed E-state index contributed by atoms with van der Waals surface area (Å²) in [6.45, 7) is 2.49. The summed E-state index contributed by atoms with van der Waals surface area (Å²) in [7, 11) is 0. The monoisotopic (exact) mass is 202 g/mol. The molecule has 0 bridgehead atoms. The molecule has 2 heteroatoms. The largest absolute Gasteiger partial charge is 0.493 e. The van der Waals surface area contributed by atoms with Crippen molar-refractivity contribution in [3.05, 3.63) is 29.3 Å². The quantitative estimate of drug-likeness (QED) is 0.417. The zero-order valence-corrected chi connectivity index (χ0v) is 8.82. The second-order valence-electron chi connectivity index (χ2n) is 3.32. The molecule has 0 radical (unpaired) electrons. The number of ether oxygens (including phenoxy) is 1. The summed E-state index contributed by atoms with van der Waals surface area (Å²) < 4.78 is 5.46. The number of carbonyl (C=O) groups is 1. The van der Waals surface area contributed by atoms with Gasteiger partial charge in [0.05, 0.1) is 12.2 Å². The molecule has 0 atom stereocenters. The predicted octanol–water partition coefficient (Wildman–Crippen LogP) is 2.60. The number of unbranched alkanes of at least 4 members (excludes halogenated alkanes) is 1. The van der Waals surface area contributed by atoms with E-state index in [9.17, 15) is 4.79 Å². The van der Waals surface area contributed by atoms with Gasteiger partial charge in [-0.05, 0) is 25.5 Å². The number of benzene rings is 1. The molecule has 0 N–H and O–H groups in total. The maximum absolute atomic E-state index is 10.8. The van der Waals surface area contributed by atoms with Gasteiger partial charge in [-0.15, -0.1) is 12.3 Å². The summed E-state index contributed by atoms with van der Waals surface area (Å²) >= 11 is 0. The highest BCUT2D eigenvalue weighted by Gasteiger charge is 2.02. The molecule has 78 valence electrons. The number of hydrogen-bond donors (Lipinski definition) is 0. The average molecular weight is 202 g/mol. The molecule has 0 aliphatic rings. The first kappa shape index (κ1) is 11.3. The third-order valence-electron chi connectivity index (χ3n) is 2.02. The van der Waals surface area contributed by atoms with Crippen LogP contribution in [-0.2, 0) is 0 Å². The molecular formula is C13H14O2. The Morgan fingerprint density at radius 1 is 1.53 bits per heavy atom. The number of hydrogen-bond acceptors (Lipinski definition) is 2. The van der Waals surface area contributed by atoms with Crippen molar-refractivity contribution in [1.29, 1.82) is 0 Å². The van der Waals surface area contributed by atoms with E-state index in [4.69, 9.17) is 11.2 Å². The number of terminal acetylenes is 1. The molecule has 0 aliphatic carbocycles. The van der Waals surface area contributed by atoms with Gasteiger partial charge in [0.25, 0.3) is 0 Å². The van der Waals surface area contributed by atoms with E-state index < -0.39 is 0 Å². The Labute approximate surface area is 90.3 Å². The van der Waals surface area contributed by atoms with Gasteiger partial charge in [-0.25, -0.2) is 0 Å². The van der Waals surface area contributed by atoms with Crippen molar-refractivity contribution >= 4 is 6.29 Å². The second-order valence-corrected chi connectivity index (χ2v) is 3.32. The fourth-order valence-corrected chi connectivity index (χ4v) is 1.25. The van der Waals surface area contributed by atoms with Crippen molar-refractivity contribution in [1.82, 2.24) is 0 Å². The molecule has 0 spiro atoms. The number of aldehydes is 1. The van der Waals surface area contributed by atoms with E-state index in [0.717, 1.165) is 18.3 Å². The lowest BCUT2D eigenvalue weighted by Gasteiger charge is -2.07. The maximum atomic E-state index is 10.8. The first-order valence-corrected chi connectivity index (χ1v) is 4.90. The van der Waals surface area contributed by atoms with Crippen LogP contribution in [0.3, 0.4) is 0 Å². The third kappa shape index (κ3) is 3.47. The Morgan fingerprint density at radius 3 is 3.00 bits per heavy atom. The van der Waals surface area contributed by atoms with E-state index in [1.807, 2.05) is 25.1 Å². The molecule has 0 heterocycles. The molecule has 1 aromatic carbocycles. The van der Waals surface area contributed by atoms with Crippen LogP contribution in [0.25, 0.3) is 0 Å². The lowest BCUT2D eigenvalue weighted by atomic mass is 10.1. The fourth-order valence-electron chi connectivity index (χ4n) is 1.25. The minimum Gasteiger partial charge on any atom is -0.493 e. The summed E-state index contributed by atoms with van der Waals surface area (Å²) in [5.41, 5.74) is 1.64. The highest BCUT2D eigenvalue weighted by molar-refractivity contribution is 5.79. The van der Waals surface area contributed by atoms with Crippen LogP contribution in [0.1, 0.15) is 28.8 Å². The van der Waals surface area contributed by atoms with Crippen molar-refractivity contribution in [3.63, 3.8) is 0 Å². The van der Waals surface area contributed by atoms with Crippen LogP contribution in [0, 0.1) is 19.3 Å². The van der Waals surface area contributed by atoms with E-state index in [0.29, 0.717) is 24.3 Å². The number of carbonyl (C=O) groups excluding carboxylic acids is 1. The standard InChI is InChI=1S/C13H14O2/c1-3-4-5-8-15-13-7-6-11(2)9-12(13)10-14/h1,6-7,9-10H,4-5,8H2,2H3. The molecule has 1 rings (SSSR count).